The monoisotopic (exact) mass is 291 g/mol. The minimum atomic E-state index is -0.334. The predicted molar refractivity (Wildman–Crippen MR) is 77.3 cm³/mol. The van der Waals surface area contributed by atoms with Gasteiger partial charge in [0.2, 0.25) is 5.91 Å². The molecule has 2 rings (SSSR count). The Kier molecular flexibility index (Phi) is 5.33. The van der Waals surface area contributed by atoms with E-state index >= 15 is 0 Å². The van der Waals surface area contributed by atoms with E-state index in [-0.39, 0.29) is 24.2 Å². The summed E-state index contributed by atoms with van der Waals surface area (Å²) in [6, 6.07) is 7.99. The molecule has 1 aliphatic rings. The highest BCUT2D eigenvalue weighted by molar-refractivity contribution is 5.86. The van der Waals surface area contributed by atoms with Gasteiger partial charge in [-0.05, 0) is 18.1 Å². The fourth-order valence-corrected chi connectivity index (χ4v) is 2.43. The van der Waals surface area contributed by atoms with Crippen molar-refractivity contribution in [2.24, 2.45) is 5.92 Å². The molecule has 1 amide bonds. The number of carbonyl (C=O) groups excluding carboxylic acids is 2. The lowest BCUT2D eigenvalue weighted by molar-refractivity contribution is -0.145. The summed E-state index contributed by atoms with van der Waals surface area (Å²) in [6.45, 7) is 4.22. The van der Waals surface area contributed by atoms with Gasteiger partial charge in [0.1, 0.15) is 0 Å². The number of benzene rings is 1. The van der Waals surface area contributed by atoms with E-state index in [2.05, 4.69) is 0 Å². The highest BCUT2D eigenvalue weighted by Gasteiger charge is 2.34. The third-order valence-corrected chi connectivity index (χ3v) is 3.62. The van der Waals surface area contributed by atoms with Crippen LogP contribution in [0.1, 0.15) is 24.5 Å². The zero-order valence-corrected chi connectivity index (χ0v) is 12.5. The Labute approximate surface area is 124 Å². The Morgan fingerprint density at radius 2 is 1.95 bits per heavy atom. The summed E-state index contributed by atoms with van der Waals surface area (Å²) >= 11 is 0. The third-order valence-electron chi connectivity index (χ3n) is 3.62. The van der Waals surface area contributed by atoms with Gasteiger partial charge in [0.05, 0.1) is 19.6 Å². The van der Waals surface area contributed by atoms with Gasteiger partial charge in [0.15, 0.2) is 0 Å². The van der Waals surface area contributed by atoms with Crippen molar-refractivity contribution in [2.75, 3.05) is 20.3 Å². The van der Waals surface area contributed by atoms with Crippen molar-refractivity contribution in [1.82, 2.24) is 4.90 Å². The van der Waals surface area contributed by atoms with Crippen LogP contribution in [0.3, 0.4) is 0 Å². The topological polar surface area (TPSA) is 55.8 Å². The number of methoxy groups -OCH3 is 1. The van der Waals surface area contributed by atoms with Crippen LogP contribution in [0.2, 0.25) is 0 Å². The lowest BCUT2D eigenvalue weighted by Crippen LogP contribution is -2.26. The van der Waals surface area contributed by atoms with Gasteiger partial charge in [0, 0.05) is 26.1 Å². The van der Waals surface area contributed by atoms with Gasteiger partial charge in [-0.2, -0.15) is 0 Å². The number of likely N-dealkylation sites (tertiary alicyclic amines) is 1. The summed E-state index contributed by atoms with van der Waals surface area (Å²) in [5.41, 5.74) is 2.16. The van der Waals surface area contributed by atoms with Crippen molar-refractivity contribution in [3.05, 3.63) is 35.4 Å². The Morgan fingerprint density at radius 3 is 2.57 bits per heavy atom. The van der Waals surface area contributed by atoms with Gasteiger partial charge in [-0.1, -0.05) is 24.3 Å². The number of esters is 1. The molecule has 114 valence electrons. The zero-order valence-electron chi connectivity index (χ0n) is 12.5. The van der Waals surface area contributed by atoms with E-state index in [4.69, 9.17) is 9.47 Å². The van der Waals surface area contributed by atoms with Gasteiger partial charge >= 0.3 is 5.97 Å². The number of carbonyl (C=O) groups is 2. The van der Waals surface area contributed by atoms with Crippen LogP contribution in [-0.4, -0.2) is 37.0 Å². The highest BCUT2D eigenvalue weighted by atomic mass is 16.5. The van der Waals surface area contributed by atoms with E-state index in [9.17, 15) is 9.59 Å². The Bertz CT molecular complexity index is 498. The lowest BCUT2D eigenvalue weighted by Gasteiger charge is -2.16. The number of nitrogens with zero attached hydrogens (tertiary/aromatic N) is 1. The predicted octanol–water partition coefficient (Wildman–Crippen LogP) is 1.74. The SMILES string of the molecule is CCOCc1ccc(CN2CC(C(=O)OC)CC2=O)cc1. The number of ether oxygens (including phenoxy) is 2. The molecule has 5 heteroatoms. The highest BCUT2D eigenvalue weighted by Crippen LogP contribution is 2.21. The van der Waals surface area contributed by atoms with Crippen LogP contribution < -0.4 is 0 Å². The van der Waals surface area contributed by atoms with Gasteiger partial charge < -0.3 is 14.4 Å². The smallest absolute Gasteiger partial charge is 0.310 e. The standard InChI is InChI=1S/C16H21NO4/c1-3-21-11-13-6-4-12(5-7-13)9-17-10-14(8-15(17)18)16(19)20-2/h4-7,14H,3,8-11H2,1-2H3. The van der Waals surface area contributed by atoms with Crippen molar-refractivity contribution in [3.8, 4) is 0 Å². The maximum atomic E-state index is 11.9. The van der Waals surface area contributed by atoms with Crippen molar-refractivity contribution in [2.45, 2.75) is 26.5 Å². The molecule has 0 radical (unpaired) electrons. The summed E-state index contributed by atoms with van der Waals surface area (Å²) in [5, 5.41) is 0. The maximum absolute atomic E-state index is 11.9. The first-order valence-corrected chi connectivity index (χ1v) is 7.15. The number of amides is 1. The number of hydrogen-bond donors (Lipinski definition) is 0. The summed E-state index contributed by atoms with van der Waals surface area (Å²) in [7, 11) is 1.35. The van der Waals surface area contributed by atoms with E-state index in [1.807, 2.05) is 31.2 Å². The summed E-state index contributed by atoms with van der Waals surface area (Å²) < 4.78 is 10.0. The Hall–Kier alpha value is -1.88. The van der Waals surface area contributed by atoms with Crippen LogP contribution in [0, 0.1) is 5.92 Å². The van der Waals surface area contributed by atoms with Crippen molar-refractivity contribution >= 4 is 11.9 Å². The van der Waals surface area contributed by atoms with Crippen LogP contribution >= 0.6 is 0 Å². The minimum Gasteiger partial charge on any atom is -0.469 e. The Morgan fingerprint density at radius 1 is 1.29 bits per heavy atom. The second-order valence-corrected chi connectivity index (χ2v) is 5.15. The average Bonchev–Trinajstić information content (AvgIpc) is 2.87. The van der Waals surface area contributed by atoms with Crippen molar-refractivity contribution in [3.63, 3.8) is 0 Å². The largest absolute Gasteiger partial charge is 0.469 e. The molecule has 0 saturated carbocycles. The molecule has 1 fully saturated rings. The molecular formula is C16H21NO4. The first-order valence-electron chi connectivity index (χ1n) is 7.15. The fraction of sp³-hybridized carbons (Fsp3) is 0.500. The van der Waals surface area contributed by atoms with Crippen molar-refractivity contribution < 1.29 is 19.1 Å². The first kappa shape index (κ1) is 15.5. The van der Waals surface area contributed by atoms with Crippen molar-refractivity contribution in [1.29, 1.82) is 0 Å². The summed E-state index contributed by atoms with van der Waals surface area (Å²) in [6.07, 6.45) is 0.245. The molecule has 0 spiro atoms. The average molecular weight is 291 g/mol. The number of hydrogen-bond acceptors (Lipinski definition) is 4. The van der Waals surface area contributed by atoms with E-state index in [0.717, 1.165) is 11.1 Å². The molecular weight excluding hydrogens is 270 g/mol. The molecule has 1 heterocycles. The fourth-order valence-electron chi connectivity index (χ4n) is 2.43. The van der Waals surface area contributed by atoms with Gasteiger partial charge in [0.25, 0.3) is 0 Å². The molecule has 0 aliphatic carbocycles. The molecule has 1 atom stereocenters. The second-order valence-electron chi connectivity index (χ2n) is 5.15. The third kappa shape index (κ3) is 4.04. The molecule has 21 heavy (non-hydrogen) atoms. The van der Waals surface area contributed by atoms with E-state index in [1.165, 1.54) is 7.11 Å². The molecule has 0 bridgehead atoms. The Balaban J connectivity index is 1.92. The van der Waals surface area contributed by atoms with Crippen LogP contribution in [-0.2, 0) is 32.2 Å². The molecule has 1 aliphatic heterocycles. The maximum Gasteiger partial charge on any atom is 0.310 e. The molecule has 1 aromatic carbocycles. The van der Waals surface area contributed by atoms with E-state index < -0.39 is 0 Å². The van der Waals surface area contributed by atoms with E-state index in [1.54, 1.807) is 4.90 Å². The molecule has 5 nitrogen and oxygen atoms in total. The normalized spacial score (nSPS) is 18.1. The second kappa shape index (κ2) is 7.22. The van der Waals surface area contributed by atoms with Crippen LogP contribution in [0.4, 0.5) is 0 Å². The van der Waals surface area contributed by atoms with Crippen LogP contribution in [0.25, 0.3) is 0 Å². The van der Waals surface area contributed by atoms with Crippen LogP contribution in [0.15, 0.2) is 24.3 Å². The summed E-state index contributed by atoms with van der Waals surface area (Å²) in [4.78, 5) is 25.1. The first-order chi connectivity index (χ1) is 10.1. The molecule has 0 N–H and O–H groups in total. The van der Waals surface area contributed by atoms with Crippen LogP contribution in [0.5, 0.6) is 0 Å². The summed E-state index contributed by atoms with van der Waals surface area (Å²) in [5.74, 6) is -0.638. The van der Waals surface area contributed by atoms with Gasteiger partial charge in [-0.3, -0.25) is 9.59 Å². The molecule has 1 aromatic rings. The number of rotatable bonds is 6. The zero-order chi connectivity index (χ0) is 15.2. The quantitative estimate of drug-likeness (QED) is 0.749. The lowest BCUT2D eigenvalue weighted by atomic mass is 10.1. The molecule has 1 saturated heterocycles. The van der Waals surface area contributed by atoms with Gasteiger partial charge in [-0.25, -0.2) is 0 Å². The van der Waals surface area contributed by atoms with E-state index in [0.29, 0.717) is 26.3 Å². The molecule has 0 aromatic heterocycles. The molecule has 1 unspecified atom stereocenters. The van der Waals surface area contributed by atoms with Gasteiger partial charge in [-0.15, -0.1) is 0 Å². The minimum absolute atomic E-state index is 0.00351.